The fraction of sp³-hybridized carbons (Fsp3) is 0.600. The summed E-state index contributed by atoms with van der Waals surface area (Å²) in [6, 6.07) is 0. The molecule has 2 aliphatic rings. The van der Waals surface area contributed by atoms with Crippen LogP contribution in [0.2, 0.25) is 0 Å². The van der Waals surface area contributed by atoms with Gasteiger partial charge in [-0.25, -0.2) is 4.39 Å². The maximum absolute atomic E-state index is 14.1. The van der Waals surface area contributed by atoms with Crippen LogP contribution in [0.25, 0.3) is 0 Å². The Morgan fingerprint density at radius 3 is 1.56 bits per heavy atom. The van der Waals surface area contributed by atoms with Crippen LogP contribution in [0.5, 0.6) is 0 Å². The molecule has 2 aliphatic carbocycles. The van der Waals surface area contributed by atoms with Gasteiger partial charge in [-0.15, -0.1) is 0 Å². The van der Waals surface area contributed by atoms with Crippen molar-refractivity contribution >= 4 is 0 Å². The summed E-state index contributed by atoms with van der Waals surface area (Å²) in [7, 11) is 0. The fourth-order valence-electron chi connectivity index (χ4n) is 3.16. The summed E-state index contributed by atoms with van der Waals surface area (Å²) in [4.78, 5) is 0. The number of hydrogen-bond acceptors (Lipinski definition) is 0. The van der Waals surface area contributed by atoms with Gasteiger partial charge in [-0.3, -0.25) is 0 Å². The van der Waals surface area contributed by atoms with Gasteiger partial charge in [0.05, 0.1) is 0 Å². The summed E-state index contributed by atoms with van der Waals surface area (Å²) in [5.74, 6) is 0.149. The maximum atomic E-state index is 14.1. The zero-order valence-electron chi connectivity index (χ0n) is 10.6. The second kappa shape index (κ2) is 4.57. The van der Waals surface area contributed by atoms with E-state index in [4.69, 9.17) is 0 Å². The van der Waals surface area contributed by atoms with E-state index in [1.165, 1.54) is 16.7 Å². The molecule has 0 bridgehead atoms. The van der Waals surface area contributed by atoms with Crippen molar-refractivity contribution in [2.45, 2.75) is 59.3 Å². The van der Waals surface area contributed by atoms with Crippen LogP contribution in [0.1, 0.15) is 54.5 Å². The third-order valence-electron chi connectivity index (χ3n) is 3.87. The first-order chi connectivity index (χ1) is 7.79. The van der Waals surface area contributed by atoms with Gasteiger partial charge in [0.2, 0.25) is 0 Å². The van der Waals surface area contributed by atoms with Crippen molar-refractivity contribution in [3.05, 3.63) is 33.6 Å². The van der Waals surface area contributed by atoms with Gasteiger partial charge in [0.25, 0.3) is 0 Å². The lowest BCUT2D eigenvalue weighted by Gasteiger charge is -2.12. The molecule has 0 heterocycles. The molecule has 0 unspecified atom stereocenters. The van der Waals surface area contributed by atoms with Crippen LogP contribution in [0.15, 0.2) is 0 Å². The minimum absolute atomic E-state index is 0.149. The SMILES string of the molecule is CC.Cc1c2c(c(F)c3c1CCC3)CCC2. The van der Waals surface area contributed by atoms with E-state index in [-0.39, 0.29) is 5.82 Å². The molecule has 1 heteroatoms. The standard InChI is InChI=1S/C13H15F.C2H6/c1-8-9-4-2-6-11(9)13(14)12-7-3-5-10(8)12;1-2/h2-7H2,1H3;1-2H3. The highest BCUT2D eigenvalue weighted by atomic mass is 19.1. The van der Waals surface area contributed by atoms with Crippen molar-refractivity contribution in [1.82, 2.24) is 0 Å². The van der Waals surface area contributed by atoms with E-state index in [9.17, 15) is 4.39 Å². The zero-order chi connectivity index (χ0) is 11.7. The number of rotatable bonds is 0. The van der Waals surface area contributed by atoms with Gasteiger partial charge in [0.1, 0.15) is 5.82 Å². The zero-order valence-corrected chi connectivity index (χ0v) is 10.6. The summed E-state index contributed by atoms with van der Waals surface area (Å²) in [5.41, 5.74) is 6.17. The molecule has 0 atom stereocenters. The lowest BCUT2D eigenvalue weighted by molar-refractivity contribution is 0.597. The first-order valence-corrected chi connectivity index (χ1v) is 6.60. The summed E-state index contributed by atoms with van der Waals surface area (Å²) in [6.45, 7) is 6.19. The molecule has 0 radical (unpaired) electrons. The van der Waals surface area contributed by atoms with Crippen molar-refractivity contribution in [1.29, 1.82) is 0 Å². The van der Waals surface area contributed by atoms with Crippen LogP contribution in [-0.4, -0.2) is 0 Å². The second-order valence-corrected chi connectivity index (χ2v) is 4.56. The molecule has 16 heavy (non-hydrogen) atoms. The van der Waals surface area contributed by atoms with Gasteiger partial charge in [-0.05, 0) is 73.3 Å². The quantitative estimate of drug-likeness (QED) is 0.616. The van der Waals surface area contributed by atoms with E-state index in [2.05, 4.69) is 6.92 Å². The molecule has 0 aromatic heterocycles. The molecule has 0 amide bonds. The molecular formula is C15H21F. The van der Waals surface area contributed by atoms with Crippen LogP contribution < -0.4 is 0 Å². The summed E-state index contributed by atoms with van der Waals surface area (Å²) >= 11 is 0. The average Bonchev–Trinajstić information content (AvgIpc) is 2.97. The van der Waals surface area contributed by atoms with E-state index in [0.717, 1.165) is 49.7 Å². The van der Waals surface area contributed by atoms with Crippen LogP contribution in [-0.2, 0) is 25.7 Å². The minimum atomic E-state index is 0.149. The molecule has 3 rings (SSSR count). The first kappa shape index (κ1) is 11.6. The van der Waals surface area contributed by atoms with Crippen LogP contribution in [0.3, 0.4) is 0 Å². The molecule has 0 fully saturated rings. The lowest BCUT2D eigenvalue weighted by atomic mass is 9.95. The second-order valence-electron chi connectivity index (χ2n) is 4.56. The summed E-state index contributed by atoms with van der Waals surface area (Å²) < 4.78 is 14.1. The Hall–Kier alpha value is -0.850. The van der Waals surface area contributed by atoms with Crippen molar-refractivity contribution in [2.75, 3.05) is 0 Å². The van der Waals surface area contributed by atoms with E-state index in [1.54, 1.807) is 0 Å². The average molecular weight is 220 g/mol. The van der Waals surface area contributed by atoms with Gasteiger partial charge in [0.15, 0.2) is 0 Å². The summed E-state index contributed by atoms with van der Waals surface area (Å²) in [5, 5.41) is 0. The Morgan fingerprint density at radius 2 is 1.12 bits per heavy atom. The molecule has 0 saturated heterocycles. The molecule has 1 aromatic rings. The summed E-state index contributed by atoms with van der Waals surface area (Å²) in [6.07, 6.45) is 6.44. The Balaban J connectivity index is 0.000000457. The van der Waals surface area contributed by atoms with Gasteiger partial charge in [0, 0.05) is 0 Å². The van der Waals surface area contributed by atoms with Crippen molar-refractivity contribution in [3.63, 3.8) is 0 Å². The van der Waals surface area contributed by atoms with Crippen LogP contribution >= 0.6 is 0 Å². The van der Waals surface area contributed by atoms with Gasteiger partial charge < -0.3 is 0 Å². The van der Waals surface area contributed by atoms with Crippen molar-refractivity contribution in [2.24, 2.45) is 0 Å². The molecule has 0 N–H and O–H groups in total. The fourth-order valence-corrected chi connectivity index (χ4v) is 3.16. The predicted octanol–water partition coefficient (Wildman–Crippen LogP) is 4.14. The normalized spacial score (nSPS) is 16.5. The smallest absolute Gasteiger partial charge is 0.130 e. The molecule has 88 valence electrons. The van der Waals surface area contributed by atoms with Crippen LogP contribution in [0, 0.1) is 12.7 Å². The predicted molar refractivity (Wildman–Crippen MR) is 66.5 cm³/mol. The van der Waals surface area contributed by atoms with Crippen molar-refractivity contribution < 1.29 is 4.39 Å². The van der Waals surface area contributed by atoms with E-state index >= 15 is 0 Å². The van der Waals surface area contributed by atoms with E-state index in [1.807, 2.05) is 13.8 Å². The monoisotopic (exact) mass is 220 g/mol. The largest absolute Gasteiger partial charge is 0.206 e. The van der Waals surface area contributed by atoms with Crippen molar-refractivity contribution in [3.8, 4) is 0 Å². The first-order valence-electron chi connectivity index (χ1n) is 6.60. The third kappa shape index (κ3) is 1.57. The highest BCUT2D eigenvalue weighted by Gasteiger charge is 2.26. The molecule has 0 saturated carbocycles. The molecule has 0 spiro atoms. The molecular weight excluding hydrogens is 199 g/mol. The highest BCUT2D eigenvalue weighted by molar-refractivity contribution is 5.50. The van der Waals surface area contributed by atoms with E-state index in [0.29, 0.717) is 0 Å². The molecule has 0 nitrogen and oxygen atoms in total. The number of halogens is 1. The van der Waals surface area contributed by atoms with Crippen LogP contribution in [0.4, 0.5) is 4.39 Å². The van der Waals surface area contributed by atoms with E-state index < -0.39 is 0 Å². The minimum Gasteiger partial charge on any atom is -0.206 e. The number of fused-ring (bicyclic) bond motifs is 2. The Bertz CT molecular complexity index is 332. The highest BCUT2D eigenvalue weighted by Crippen LogP contribution is 2.36. The Kier molecular flexibility index (Phi) is 3.32. The topological polar surface area (TPSA) is 0 Å². The van der Waals surface area contributed by atoms with Gasteiger partial charge >= 0.3 is 0 Å². The number of hydrogen-bond donors (Lipinski definition) is 0. The third-order valence-corrected chi connectivity index (χ3v) is 3.87. The van der Waals surface area contributed by atoms with Gasteiger partial charge in [-0.1, -0.05) is 13.8 Å². The Morgan fingerprint density at radius 1 is 0.750 bits per heavy atom. The number of benzene rings is 1. The molecule has 1 aromatic carbocycles. The lowest BCUT2D eigenvalue weighted by Crippen LogP contribution is -2.01. The van der Waals surface area contributed by atoms with Gasteiger partial charge in [-0.2, -0.15) is 0 Å². The Labute approximate surface area is 97.9 Å². The maximum Gasteiger partial charge on any atom is 0.130 e. The molecule has 0 aliphatic heterocycles.